The molecule has 2 rings (SSSR count). The van der Waals surface area contributed by atoms with E-state index in [-0.39, 0.29) is 6.42 Å². The van der Waals surface area contributed by atoms with Crippen molar-refractivity contribution in [3.8, 4) is 0 Å². The van der Waals surface area contributed by atoms with Gasteiger partial charge in [0.2, 0.25) is 5.91 Å². The van der Waals surface area contributed by atoms with E-state index in [4.69, 9.17) is 10.8 Å². The van der Waals surface area contributed by atoms with Crippen LogP contribution in [-0.4, -0.2) is 39.1 Å². The number of para-hydroxylation sites is 2. The van der Waals surface area contributed by atoms with Crippen LogP contribution in [0.25, 0.3) is 11.0 Å². The van der Waals surface area contributed by atoms with Gasteiger partial charge < -0.3 is 20.7 Å². The molecule has 0 aliphatic carbocycles. The molecule has 1 aromatic heterocycles. The second kappa shape index (κ2) is 6.36. The third-order valence-electron chi connectivity index (χ3n) is 3.21. The number of nitrogens with one attached hydrogen (secondary N) is 1. The summed E-state index contributed by atoms with van der Waals surface area (Å²) >= 11 is 0. The molecule has 1 atom stereocenters. The largest absolute Gasteiger partial charge is 0.481 e. The summed E-state index contributed by atoms with van der Waals surface area (Å²) in [7, 11) is 0. The Kier molecular flexibility index (Phi) is 4.54. The third kappa shape index (κ3) is 3.57. The maximum Gasteiger partial charge on any atom is 0.305 e. The van der Waals surface area contributed by atoms with Crippen molar-refractivity contribution in [1.29, 1.82) is 0 Å². The van der Waals surface area contributed by atoms with Crippen molar-refractivity contribution in [2.75, 3.05) is 6.54 Å². The molecular formula is C14H18N4O3. The lowest BCUT2D eigenvalue weighted by molar-refractivity contribution is -0.139. The zero-order valence-corrected chi connectivity index (χ0v) is 11.7. The number of hydrogen-bond donors (Lipinski definition) is 3. The molecule has 4 N–H and O–H groups in total. The topological polar surface area (TPSA) is 110 Å². The van der Waals surface area contributed by atoms with Gasteiger partial charge in [0, 0.05) is 13.1 Å². The summed E-state index contributed by atoms with van der Waals surface area (Å²) in [6, 6.07) is 6.73. The second-order valence-electron chi connectivity index (χ2n) is 4.79. The Hall–Kier alpha value is -2.41. The standard InChI is InChI=1S/C14H18N4O3/c1-9-17-11-4-2-3-5-12(11)18(9)7-6-16-14(21)10(15)8-13(19)20/h2-5,10H,6-8,15H2,1H3,(H,16,21)(H,19,20). The van der Waals surface area contributed by atoms with Crippen molar-refractivity contribution in [3.05, 3.63) is 30.1 Å². The maximum atomic E-state index is 11.6. The Bertz CT molecular complexity index is 665. The van der Waals surface area contributed by atoms with E-state index >= 15 is 0 Å². The number of carboxylic acid groups (broad SMARTS) is 1. The molecule has 1 heterocycles. The number of aromatic nitrogens is 2. The average molecular weight is 290 g/mol. The molecule has 0 aliphatic rings. The van der Waals surface area contributed by atoms with E-state index in [0.29, 0.717) is 13.1 Å². The van der Waals surface area contributed by atoms with Crippen LogP contribution in [0.2, 0.25) is 0 Å². The number of rotatable bonds is 6. The lowest BCUT2D eigenvalue weighted by Crippen LogP contribution is -2.42. The van der Waals surface area contributed by atoms with Gasteiger partial charge in [-0.1, -0.05) is 12.1 Å². The summed E-state index contributed by atoms with van der Waals surface area (Å²) in [6.07, 6.45) is -0.376. The molecule has 0 saturated heterocycles. The van der Waals surface area contributed by atoms with E-state index in [9.17, 15) is 9.59 Å². The Morgan fingerprint density at radius 3 is 2.86 bits per heavy atom. The predicted octanol–water partition coefficient (Wildman–Crippen LogP) is 0.263. The molecule has 0 aliphatic heterocycles. The highest BCUT2D eigenvalue weighted by atomic mass is 16.4. The van der Waals surface area contributed by atoms with Gasteiger partial charge in [-0.2, -0.15) is 0 Å². The maximum absolute atomic E-state index is 11.6. The van der Waals surface area contributed by atoms with E-state index in [1.54, 1.807) is 0 Å². The molecule has 1 amide bonds. The Balaban J connectivity index is 1.95. The minimum atomic E-state index is -1.09. The third-order valence-corrected chi connectivity index (χ3v) is 3.21. The van der Waals surface area contributed by atoms with Crippen LogP contribution in [0.4, 0.5) is 0 Å². The number of amides is 1. The number of hydrogen-bond acceptors (Lipinski definition) is 4. The van der Waals surface area contributed by atoms with E-state index in [0.717, 1.165) is 16.9 Å². The number of benzene rings is 1. The van der Waals surface area contributed by atoms with Crippen LogP contribution in [-0.2, 0) is 16.1 Å². The molecule has 0 spiro atoms. The van der Waals surface area contributed by atoms with E-state index < -0.39 is 17.9 Å². The van der Waals surface area contributed by atoms with Crippen molar-refractivity contribution in [3.63, 3.8) is 0 Å². The normalized spacial score (nSPS) is 12.3. The van der Waals surface area contributed by atoms with Crippen LogP contribution in [0.5, 0.6) is 0 Å². The van der Waals surface area contributed by atoms with E-state index in [1.165, 1.54) is 0 Å². The van der Waals surface area contributed by atoms with Crippen molar-refractivity contribution < 1.29 is 14.7 Å². The van der Waals surface area contributed by atoms with E-state index in [1.807, 2.05) is 35.8 Å². The zero-order chi connectivity index (χ0) is 15.4. The SMILES string of the molecule is Cc1nc2ccccc2n1CCNC(=O)C(N)CC(=O)O. The van der Waals surface area contributed by atoms with Gasteiger partial charge in [-0.05, 0) is 19.1 Å². The molecule has 7 heteroatoms. The van der Waals surface area contributed by atoms with Gasteiger partial charge in [0.25, 0.3) is 0 Å². The number of aliphatic carboxylic acids is 1. The van der Waals surface area contributed by atoms with Gasteiger partial charge in [-0.25, -0.2) is 4.98 Å². The summed E-state index contributed by atoms with van der Waals surface area (Å²) in [4.78, 5) is 26.6. The average Bonchev–Trinajstić information content (AvgIpc) is 2.74. The van der Waals surface area contributed by atoms with Gasteiger partial charge in [-0.3, -0.25) is 9.59 Å². The predicted molar refractivity (Wildman–Crippen MR) is 77.7 cm³/mol. The number of carbonyl (C=O) groups excluding carboxylic acids is 1. The summed E-state index contributed by atoms with van der Waals surface area (Å²) in [5, 5.41) is 11.2. The fourth-order valence-corrected chi connectivity index (χ4v) is 2.18. The molecule has 0 fully saturated rings. The molecule has 7 nitrogen and oxygen atoms in total. The Morgan fingerprint density at radius 1 is 1.43 bits per heavy atom. The van der Waals surface area contributed by atoms with Crippen LogP contribution in [0.15, 0.2) is 24.3 Å². The number of nitrogens with zero attached hydrogens (tertiary/aromatic N) is 2. The number of carbonyl (C=O) groups is 2. The monoisotopic (exact) mass is 290 g/mol. The first-order valence-corrected chi connectivity index (χ1v) is 6.66. The lowest BCUT2D eigenvalue weighted by Gasteiger charge is -2.11. The smallest absolute Gasteiger partial charge is 0.305 e. The van der Waals surface area contributed by atoms with Gasteiger partial charge in [-0.15, -0.1) is 0 Å². The van der Waals surface area contributed by atoms with Gasteiger partial charge in [0.1, 0.15) is 5.82 Å². The highest BCUT2D eigenvalue weighted by Crippen LogP contribution is 2.14. The Morgan fingerprint density at radius 2 is 2.14 bits per heavy atom. The molecule has 112 valence electrons. The zero-order valence-electron chi connectivity index (χ0n) is 11.7. The fourth-order valence-electron chi connectivity index (χ4n) is 2.18. The number of nitrogens with two attached hydrogens (primary N) is 1. The highest BCUT2D eigenvalue weighted by molar-refractivity contribution is 5.85. The minimum Gasteiger partial charge on any atom is -0.481 e. The van der Waals surface area contributed by atoms with Gasteiger partial charge in [0.15, 0.2) is 0 Å². The van der Waals surface area contributed by atoms with Crippen molar-refractivity contribution in [2.24, 2.45) is 5.73 Å². The van der Waals surface area contributed by atoms with Crippen molar-refractivity contribution in [2.45, 2.75) is 25.9 Å². The first-order valence-electron chi connectivity index (χ1n) is 6.66. The fraction of sp³-hybridized carbons (Fsp3) is 0.357. The number of fused-ring (bicyclic) bond motifs is 1. The highest BCUT2D eigenvalue weighted by Gasteiger charge is 2.16. The molecule has 1 aromatic carbocycles. The molecular weight excluding hydrogens is 272 g/mol. The van der Waals surface area contributed by atoms with Crippen LogP contribution >= 0.6 is 0 Å². The molecule has 0 saturated carbocycles. The van der Waals surface area contributed by atoms with Gasteiger partial charge >= 0.3 is 5.97 Å². The van der Waals surface area contributed by atoms with Crippen LogP contribution < -0.4 is 11.1 Å². The number of carboxylic acids is 1. The van der Waals surface area contributed by atoms with Crippen LogP contribution in [0.3, 0.4) is 0 Å². The van der Waals surface area contributed by atoms with Crippen LogP contribution in [0.1, 0.15) is 12.2 Å². The first kappa shape index (κ1) is 15.0. The van der Waals surface area contributed by atoms with Crippen molar-refractivity contribution >= 4 is 22.9 Å². The van der Waals surface area contributed by atoms with Crippen LogP contribution in [0, 0.1) is 6.92 Å². The second-order valence-corrected chi connectivity index (χ2v) is 4.79. The summed E-state index contributed by atoms with van der Waals surface area (Å²) < 4.78 is 2.00. The summed E-state index contributed by atoms with van der Waals surface area (Å²) in [5.74, 6) is -0.686. The number of imidazole rings is 1. The van der Waals surface area contributed by atoms with Crippen molar-refractivity contribution in [1.82, 2.24) is 14.9 Å². The molecule has 2 aromatic rings. The Labute approximate surface area is 121 Å². The lowest BCUT2D eigenvalue weighted by atomic mass is 10.2. The molecule has 21 heavy (non-hydrogen) atoms. The quantitative estimate of drug-likeness (QED) is 0.707. The molecule has 1 unspecified atom stereocenters. The summed E-state index contributed by atoms with van der Waals surface area (Å²) in [6.45, 7) is 2.82. The van der Waals surface area contributed by atoms with Gasteiger partial charge in [0.05, 0.1) is 23.5 Å². The number of aryl methyl sites for hydroxylation is 1. The molecule has 0 bridgehead atoms. The minimum absolute atomic E-state index is 0.368. The first-order chi connectivity index (χ1) is 9.99. The van der Waals surface area contributed by atoms with E-state index in [2.05, 4.69) is 10.3 Å². The summed E-state index contributed by atoms with van der Waals surface area (Å²) in [5.41, 5.74) is 7.39. The molecule has 0 radical (unpaired) electrons.